The minimum Gasteiger partial charge on any atom is -0.489 e. The van der Waals surface area contributed by atoms with Crippen molar-refractivity contribution in [3.63, 3.8) is 0 Å². The molecule has 3 N–H and O–H groups in total. The maximum atomic E-state index is 11.8. The van der Waals surface area contributed by atoms with Crippen molar-refractivity contribution in [2.45, 2.75) is 51.2 Å². The largest absolute Gasteiger partial charge is 0.489 e. The van der Waals surface area contributed by atoms with E-state index in [1.807, 2.05) is 0 Å². The Hall–Kier alpha value is -1.26. The highest BCUT2D eigenvalue weighted by Crippen LogP contribution is 2.31. The summed E-state index contributed by atoms with van der Waals surface area (Å²) in [5, 5.41) is 3.24. The summed E-state index contributed by atoms with van der Waals surface area (Å²) in [6, 6.07) is 5.26. The Labute approximate surface area is 124 Å². The van der Waals surface area contributed by atoms with Gasteiger partial charge in [-0.15, -0.1) is 0 Å². The first kappa shape index (κ1) is 15.1. The zero-order valence-electron chi connectivity index (χ0n) is 11.9. The fourth-order valence-corrected chi connectivity index (χ4v) is 2.38. The van der Waals surface area contributed by atoms with Crippen LogP contribution in [-0.2, 0) is 4.79 Å². The molecule has 4 nitrogen and oxygen atoms in total. The standard InChI is InChI=1S/C15H21ClN2O2/c1-15(2,17)14(19)18-10-7-8-13(12(16)9-10)20-11-5-3-4-6-11/h7-9,11H,3-6,17H2,1-2H3,(H,18,19). The summed E-state index contributed by atoms with van der Waals surface area (Å²) in [6.07, 6.45) is 4.84. The van der Waals surface area contributed by atoms with Crippen LogP contribution in [0.1, 0.15) is 39.5 Å². The van der Waals surface area contributed by atoms with Gasteiger partial charge in [0.1, 0.15) is 5.75 Å². The Balaban J connectivity index is 2.03. The Bertz CT molecular complexity index is 491. The number of benzene rings is 1. The van der Waals surface area contributed by atoms with Gasteiger partial charge in [0.15, 0.2) is 0 Å². The molecule has 0 aromatic heterocycles. The molecule has 0 spiro atoms. The molecule has 1 fully saturated rings. The van der Waals surface area contributed by atoms with Gasteiger partial charge in [-0.05, 0) is 57.7 Å². The lowest BCUT2D eigenvalue weighted by molar-refractivity contribution is -0.120. The number of anilines is 1. The highest BCUT2D eigenvalue weighted by atomic mass is 35.5. The zero-order chi connectivity index (χ0) is 14.8. The third-order valence-corrected chi connectivity index (χ3v) is 3.67. The second-order valence-corrected chi connectivity index (χ2v) is 6.25. The first-order chi connectivity index (χ1) is 9.36. The second-order valence-electron chi connectivity index (χ2n) is 5.85. The van der Waals surface area contributed by atoms with E-state index >= 15 is 0 Å². The summed E-state index contributed by atoms with van der Waals surface area (Å²) in [5.74, 6) is 0.418. The third-order valence-electron chi connectivity index (χ3n) is 3.37. The van der Waals surface area contributed by atoms with Gasteiger partial charge in [0.25, 0.3) is 0 Å². The van der Waals surface area contributed by atoms with Gasteiger partial charge in [-0.3, -0.25) is 4.79 Å². The highest BCUT2D eigenvalue weighted by molar-refractivity contribution is 6.32. The van der Waals surface area contributed by atoms with E-state index in [9.17, 15) is 4.79 Å². The Morgan fingerprint density at radius 3 is 2.60 bits per heavy atom. The Kier molecular flexibility index (Phi) is 4.55. The van der Waals surface area contributed by atoms with Gasteiger partial charge in [-0.1, -0.05) is 11.6 Å². The molecular formula is C15H21ClN2O2. The quantitative estimate of drug-likeness (QED) is 0.895. The van der Waals surface area contributed by atoms with Crippen molar-refractivity contribution in [3.8, 4) is 5.75 Å². The minimum atomic E-state index is -0.925. The molecule has 0 saturated heterocycles. The number of amides is 1. The monoisotopic (exact) mass is 296 g/mol. The van der Waals surface area contributed by atoms with Gasteiger partial charge in [-0.2, -0.15) is 0 Å². The molecule has 1 aromatic rings. The van der Waals surface area contributed by atoms with Crippen LogP contribution in [0.2, 0.25) is 5.02 Å². The lowest BCUT2D eigenvalue weighted by atomic mass is 10.1. The molecular weight excluding hydrogens is 276 g/mol. The van der Waals surface area contributed by atoms with E-state index in [1.54, 1.807) is 32.0 Å². The molecule has 1 aliphatic carbocycles. The van der Waals surface area contributed by atoms with Gasteiger partial charge >= 0.3 is 0 Å². The number of nitrogens with one attached hydrogen (secondary N) is 1. The molecule has 1 saturated carbocycles. The first-order valence-corrected chi connectivity index (χ1v) is 7.30. The molecule has 0 heterocycles. The van der Waals surface area contributed by atoms with Crippen molar-refractivity contribution in [1.29, 1.82) is 0 Å². The van der Waals surface area contributed by atoms with Crippen LogP contribution in [0.25, 0.3) is 0 Å². The fourth-order valence-electron chi connectivity index (χ4n) is 2.15. The van der Waals surface area contributed by atoms with E-state index in [0.29, 0.717) is 16.5 Å². The van der Waals surface area contributed by atoms with Crippen LogP contribution in [0.15, 0.2) is 18.2 Å². The topological polar surface area (TPSA) is 64.4 Å². The van der Waals surface area contributed by atoms with Crippen molar-refractivity contribution in [2.24, 2.45) is 5.73 Å². The van der Waals surface area contributed by atoms with E-state index < -0.39 is 5.54 Å². The number of nitrogens with two attached hydrogens (primary N) is 1. The lowest BCUT2D eigenvalue weighted by Gasteiger charge is -2.19. The van der Waals surface area contributed by atoms with Crippen LogP contribution in [-0.4, -0.2) is 17.6 Å². The van der Waals surface area contributed by atoms with E-state index in [-0.39, 0.29) is 12.0 Å². The predicted molar refractivity (Wildman–Crippen MR) is 81.2 cm³/mol. The van der Waals surface area contributed by atoms with Crippen molar-refractivity contribution >= 4 is 23.2 Å². The number of ether oxygens (including phenoxy) is 1. The maximum Gasteiger partial charge on any atom is 0.243 e. The SMILES string of the molecule is CC(C)(N)C(=O)Nc1ccc(OC2CCCC2)c(Cl)c1. The number of carbonyl (C=O) groups excluding carboxylic acids is 1. The number of hydrogen-bond acceptors (Lipinski definition) is 3. The molecule has 1 aliphatic rings. The van der Waals surface area contributed by atoms with Gasteiger partial charge in [0, 0.05) is 5.69 Å². The summed E-state index contributed by atoms with van der Waals surface area (Å²) in [7, 11) is 0. The Morgan fingerprint density at radius 2 is 2.05 bits per heavy atom. The zero-order valence-corrected chi connectivity index (χ0v) is 12.7. The molecule has 2 rings (SSSR count). The van der Waals surface area contributed by atoms with E-state index in [1.165, 1.54) is 12.8 Å². The van der Waals surface area contributed by atoms with Crippen molar-refractivity contribution in [1.82, 2.24) is 0 Å². The van der Waals surface area contributed by atoms with Crippen LogP contribution < -0.4 is 15.8 Å². The van der Waals surface area contributed by atoms with Gasteiger partial charge in [0.2, 0.25) is 5.91 Å². The van der Waals surface area contributed by atoms with Crippen molar-refractivity contribution in [2.75, 3.05) is 5.32 Å². The molecule has 0 radical (unpaired) electrons. The van der Waals surface area contributed by atoms with E-state index in [2.05, 4.69) is 5.32 Å². The average molecular weight is 297 g/mol. The van der Waals surface area contributed by atoms with Crippen molar-refractivity contribution < 1.29 is 9.53 Å². The summed E-state index contributed by atoms with van der Waals surface area (Å²) in [5.41, 5.74) is 5.43. The normalized spacial score (nSPS) is 16.2. The van der Waals surface area contributed by atoms with Crippen LogP contribution >= 0.6 is 11.6 Å². The number of halogens is 1. The van der Waals surface area contributed by atoms with Crippen LogP contribution in [0.4, 0.5) is 5.69 Å². The average Bonchev–Trinajstić information content (AvgIpc) is 2.84. The molecule has 1 amide bonds. The first-order valence-electron chi connectivity index (χ1n) is 6.93. The van der Waals surface area contributed by atoms with Gasteiger partial charge in [0.05, 0.1) is 16.7 Å². The third kappa shape index (κ3) is 3.87. The number of rotatable bonds is 4. The maximum absolute atomic E-state index is 11.8. The lowest BCUT2D eigenvalue weighted by Crippen LogP contribution is -2.45. The van der Waals surface area contributed by atoms with E-state index in [4.69, 9.17) is 22.1 Å². The molecule has 0 aliphatic heterocycles. The molecule has 5 heteroatoms. The molecule has 1 aromatic carbocycles. The second kappa shape index (κ2) is 6.02. The molecule has 20 heavy (non-hydrogen) atoms. The predicted octanol–water partition coefficient (Wildman–Crippen LogP) is 3.34. The number of carbonyl (C=O) groups is 1. The minimum absolute atomic E-state index is 0.252. The summed E-state index contributed by atoms with van der Waals surface area (Å²) < 4.78 is 5.86. The van der Waals surface area contributed by atoms with Crippen LogP contribution in [0, 0.1) is 0 Å². The fraction of sp³-hybridized carbons (Fsp3) is 0.533. The van der Waals surface area contributed by atoms with Crippen LogP contribution in [0.3, 0.4) is 0 Å². The highest BCUT2D eigenvalue weighted by Gasteiger charge is 2.22. The molecule has 0 atom stereocenters. The smallest absolute Gasteiger partial charge is 0.243 e. The molecule has 0 bridgehead atoms. The molecule has 0 unspecified atom stereocenters. The number of hydrogen-bond donors (Lipinski definition) is 2. The summed E-state index contributed by atoms with van der Waals surface area (Å²) in [4.78, 5) is 11.8. The van der Waals surface area contributed by atoms with Crippen LogP contribution in [0.5, 0.6) is 5.75 Å². The summed E-state index contributed by atoms with van der Waals surface area (Å²) >= 11 is 6.20. The van der Waals surface area contributed by atoms with Gasteiger partial charge in [-0.25, -0.2) is 0 Å². The van der Waals surface area contributed by atoms with E-state index in [0.717, 1.165) is 12.8 Å². The summed E-state index contributed by atoms with van der Waals surface area (Å²) in [6.45, 7) is 3.31. The molecule has 110 valence electrons. The van der Waals surface area contributed by atoms with Crippen molar-refractivity contribution in [3.05, 3.63) is 23.2 Å². The van der Waals surface area contributed by atoms with Gasteiger partial charge < -0.3 is 15.8 Å². The Morgan fingerprint density at radius 1 is 1.40 bits per heavy atom.